The third-order valence-electron chi connectivity index (χ3n) is 3.76. The van der Waals surface area contributed by atoms with E-state index in [1.54, 1.807) is 41.8 Å². The number of benzene rings is 2. The molecule has 8 nitrogen and oxygen atoms in total. The standard InChI is InChI=1S/C19H13N5O3S/c20-9-14(10-22-15-6-4-12(5-7-15)18(21)25)19-23-17(11-28-19)13-2-1-3-16(8-13)24(26)27/h1-8,10-11,22H,(H2,21,25)/b14-10-. The van der Waals surface area contributed by atoms with E-state index < -0.39 is 10.8 Å². The smallest absolute Gasteiger partial charge is 0.270 e. The van der Waals surface area contributed by atoms with Gasteiger partial charge in [-0.05, 0) is 24.3 Å². The van der Waals surface area contributed by atoms with E-state index >= 15 is 0 Å². The van der Waals surface area contributed by atoms with Crippen molar-refractivity contribution in [3.63, 3.8) is 0 Å². The number of carbonyl (C=O) groups excluding carboxylic acids is 1. The monoisotopic (exact) mass is 391 g/mol. The number of amides is 1. The number of rotatable bonds is 6. The Hall–Kier alpha value is -4.03. The van der Waals surface area contributed by atoms with Gasteiger partial charge in [0.1, 0.15) is 16.6 Å². The molecule has 1 aromatic heterocycles. The number of non-ortho nitro benzene ring substituents is 1. The second-order valence-electron chi connectivity index (χ2n) is 5.60. The average Bonchev–Trinajstić information content (AvgIpc) is 3.19. The summed E-state index contributed by atoms with van der Waals surface area (Å²) >= 11 is 1.26. The number of nitro groups is 1. The Kier molecular flexibility index (Phi) is 5.43. The minimum Gasteiger partial charge on any atom is -0.366 e. The van der Waals surface area contributed by atoms with Crippen molar-refractivity contribution in [3.05, 3.63) is 80.8 Å². The molecule has 0 fully saturated rings. The van der Waals surface area contributed by atoms with Crippen molar-refractivity contribution >= 4 is 34.2 Å². The zero-order valence-electron chi connectivity index (χ0n) is 14.3. The first-order chi connectivity index (χ1) is 13.5. The van der Waals surface area contributed by atoms with Gasteiger partial charge in [0.05, 0.1) is 10.6 Å². The summed E-state index contributed by atoms with van der Waals surface area (Å²) in [5.41, 5.74) is 7.70. The van der Waals surface area contributed by atoms with E-state index in [9.17, 15) is 20.2 Å². The van der Waals surface area contributed by atoms with Crippen LogP contribution >= 0.6 is 11.3 Å². The molecule has 3 aromatic rings. The Morgan fingerprint density at radius 2 is 2.04 bits per heavy atom. The van der Waals surface area contributed by atoms with Gasteiger partial charge in [-0.25, -0.2) is 4.98 Å². The predicted octanol–water partition coefficient (Wildman–Crippen LogP) is 3.79. The first-order valence-electron chi connectivity index (χ1n) is 7.95. The van der Waals surface area contributed by atoms with E-state index in [0.29, 0.717) is 33.1 Å². The summed E-state index contributed by atoms with van der Waals surface area (Å²) in [6.07, 6.45) is 1.51. The average molecular weight is 391 g/mol. The van der Waals surface area contributed by atoms with Crippen LogP contribution in [-0.4, -0.2) is 15.8 Å². The number of thiazole rings is 1. The topological polar surface area (TPSA) is 135 Å². The predicted molar refractivity (Wildman–Crippen MR) is 106 cm³/mol. The van der Waals surface area contributed by atoms with Crippen molar-refractivity contribution in [1.82, 2.24) is 4.98 Å². The number of allylic oxidation sites excluding steroid dienone is 1. The SMILES string of the molecule is N#C/C(=C/Nc1ccc(C(N)=O)cc1)c1nc(-c2cccc([N+](=O)[O-])c2)cs1. The molecular weight excluding hydrogens is 378 g/mol. The van der Waals surface area contributed by atoms with Gasteiger partial charge in [-0.3, -0.25) is 14.9 Å². The molecule has 0 radical (unpaired) electrons. The second-order valence-corrected chi connectivity index (χ2v) is 6.46. The number of primary amides is 1. The Morgan fingerprint density at radius 3 is 2.68 bits per heavy atom. The molecule has 3 rings (SSSR count). The molecule has 0 saturated carbocycles. The summed E-state index contributed by atoms with van der Waals surface area (Å²) in [6.45, 7) is 0. The highest BCUT2D eigenvalue weighted by molar-refractivity contribution is 7.11. The molecule has 0 bridgehead atoms. The van der Waals surface area contributed by atoms with Crippen molar-refractivity contribution < 1.29 is 9.72 Å². The molecule has 0 aliphatic rings. The number of carbonyl (C=O) groups is 1. The Labute approximate surface area is 163 Å². The van der Waals surface area contributed by atoms with Crippen LogP contribution in [0.3, 0.4) is 0 Å². The number of nitrogens with zero attached hydrogens (tertiary/aromatic N) is 3. The number of hydrogen-bond acceptors (Lipinski definition) is 7. The van der Waals surface area contributed by atoms with E-state index in [-0.39, 0.29) is 5.69 Å². The molecule has 3 N–H and O–H groups in total. The van der Waals surface area contributed by atoms with Crippen molar-refractivity contribution in [2.75, 3.05) is 5.32 Å². The minimum absolute atomic E-state index is 0.0239. The number of nitrogens with two attached hydrogens (primary N) is 1. The molecule has 0 aliphatic heterocycles. The molecule has 0 aliphatic carbocycles. The highest BCUT2D eigenvalue weighted by Crippen LogP contribution is 2.28. The molecule has 0 unspecified atom stereocenters. The van der Waals surface area contributed by atoms with Crippen molar-refractivity contribution in [2.24, 2.45) is 5.73 Å². The zero-order chi connectivity index (χ0) is 20.1. The van der Waals surface area contributed by atoms with Crippen LogP contribution < -0.4 is 11.1 Å². The van der Waals surface area contributed by atoms with E-state index in [2.05, 4.69) is 16.4 Å². The third kappa shape index (κ3) is 4.20. The molecule has 0 atom stereocenters. The maximum absolute atomic E-state index is 11.1. The highest BCUT2D eigenvalue weighted by Gasteiger charge is 2.12. The summed E-state index contributed by atoms with van der Waals surface area (Å²) in [7, 11) is 0. The lowest BCUT2D eigenvalue weighted by Crippen LogP contribution is -2.10. The fourth-order valence-electron chi connectivity index (χ4n) is 2.34. The van der Waals surface area contributed by atoms with Crippen LogP contribution in [0.2, 0.25) is 0 Å². The Balaban J connectivity index is 1.81. The third-order valence-corrected chi connectivity index (χ3v) is 4.64. The number of nitriles is 1. The Morgan fingerprint density at radius 1 is 1.29 bits per heavy atom. The first kappa shape index (κ1) is 18.8. The van der Waals surface area contributed by atoms with Gasteiger partial charge in [-0.15, -0.1) is 11.3 Å². The van der Waals surface area contributed by atoms with Gasteiger partial charge in [0.25, 0.3) is 5.69 Å². The van der Waals surface area contributed by atoms with E-state index in [4.69, 9.17) is 5.73 Å². The van der Waals surface area contributed by atoms with Gasteiger partial charge < -0.3 is 11.1 Å². The fraction of sp³-hybridized carbons (Fsp3) is 0. The van der Waals surface area contributed by atoms with Crippen LogP contribution in [0.5, 0.6) is 0 Å². The molecule has 28 heavy (non-hydrogen) atoms. The minimum atomic E-state index is -0.517. The first-order valence-corrected chi connectivity index (χ1v) is 8.83. The Bertz CT molecular complexity index is 1110. The largest absolute Gasteiger partial charge is 0.366 e. The number of nitro benzene ring substituents is 1. The number of hydrogen-bond donors (Lipinski definition) is 2. The summed E-state index contributed by atoms with van der Waals surface area (Å²) in [6, 6.07) is 14.7. The summed E-state index contributed by atoms with van der Waals surface area (Å²) < 4.78 is 0. The number of anilines is 1. The molecule has 2 aromatic carbocycles. The van der Waals surface area contributed by atoms with E-state index in [0.717, 1.165) is 0 Å². The van der Waals surface area contributed by atoms with Gasteiger partial charge in [0.15, 0.2) is 0 Å². The van der Waals surface area contributed by atoms with Crippen molar-refractivity contribution in [3.8, 4) is 17.3 Å². The fourth-order valence-corrected chi connectivity index (χ4v) is 3.13. The lowest BCUT2D eigenvalue weighted by molar-refractivity contribution is -0.384. The summed E-state index contributed by atoms with van der Waals surface area (Å²) in [5, 5.41) is 25.5. The zero-order valence-corrected chi connectivity index (χ0v) is 15.1. The summed E-state index contributed by atoms with van der Waals surface area (Å²) in [5.74, 6) is -0.517. The van der Waals surface area contributed by atoms with Crippen LogP contribution in [0.4, 0.5) is 11.4 Å². The highest BCUT2D eigenvalue weighted by atomic mass is 32.1. The summed E-state index contributed by atoms with van der Waals surface area (Å²) in [4.78, 5) is 26.0. The van der Waals surface area contributed by atoms with Gasteiger partial charge in [0.2, 0.25) is 5.91 Å². The van der Waals surface area contributed by atoms with Crippen LogP contribution in [0, 0.1) is 21.4 Å². The van der Waals surface area contributed by atoms with Gasteiger partial charge >= 0.3 is 0 Å². The van der Waals surface area contributed by atoms with Crippen molar-refractivity contribution in [2.45, 2.75) is 0 Å². The van der Waals surface area contributed by atoms with Crippen LogP contribution in [0.25, 0.3) is 16.8 Å². The second kappa shape index (κ2) is 8.11. The normalized spacial score (nSPS) is 10.9. The molecule has 9 heteroatoms. The molecule has 0 spiro atoms. The number of nitrogens with one attached hydrogen (secondary N) is 1. The van der Waals surface area contributed by atoms with E-state index in [1.165, 1.54) is 29.7 Å². The van der Waals surface area contributed by atoms with Crippen LogP contribution in [0.1, 0.15) is 15.4 Å². The molecule has 1 amide bonds. The molecule has 1 heterocycles. The van der Waals surface area contributed by atoms with E-state index in [1.807, 2.05) is 0 Å². The maximum atomic E-state index is 11.1. The van der Waals surface area contributed by atoms with Gasteiger partial charge in [0, 0.05) is 40.5 Å². The molecule has 0 saturated heterocycles. The van der Waals surface area contributed by atoms with Crippen LogP contribution in [0.15, 0.2) is 60.1 Å². The van der Waals surface area contributed by atoms with Crippen molar-refractivity contribution in [1.29, 1.82) is 5.26 Å². The van der Waals surface area contributed by atoms with Crippen LogP contribution in [-0.2, 0) is 0 Å². The number of aromatic nitrogens is 1. The molecular formula is C19H13N5O3S. The molecule has 138 valence electrons. The maximum Gasteiger partial charge on any atom is 0.270 e. The van der Waals surface area contributed by atoms with Gasteiger partial charge in [-0.2, -0.15) is 5.26 Å². The lowest BCUT2D eigenvalue weighted by Gasteiger charge is -2.02. The lowest BCUT2D eigenvalue weighted by atomic mass is 10.1. The quantitative estimate of drug-likeness (QED) is 0.373. The van der Waals surface area contributed by atoms with Gasteiger partial charge in [-0.1, -0.05) is 12.1 Å².